The van der Waals surface area contributed by atoms with Crippen molar-refractivity contribution in [2.45, 2.75) is 78.0 Å². The highest BCUT2D eigenvalue weighted by atomic mass is 35.5. The maximum absolute atomic E-state index is 14.8. The van der Waals surface area contributed by atoms with E-state index in [1.165, 1.54) is 18.0 Å². The van der Waals surface area contributed by atoms with Crippen LogP contribution in [0.4, 0.5) is 14.9 Å². The molecule has 0 radical (unpaired) electrons. The summed E-state index contributed by atoms with van der Waals surface area (Å²) < 4.78 is 26.7. The van der Waals surface area contributed by atoms with Gasteiger partial charge in [0.25, 0.3) is 5.95 Å². The third-order valence-electron chi connectivity index (χ3n) is 6.23. The highest BCUT2D eigenvalue weighted by molar-refractivity contribution is 6.29. The van der Waals surface area contributed by atoms with Crippen molar-refractivity contribution in [1.29, 1.82) is 0 Å². The molecular formula is C24H34ClFN6O4. The van der Waals surface area contributed by atoms with Crippen molar-refractivity contribution in [1.82, 2.24) is 25.3 Å². The van der Waals surface area contributed by atoms with E-state index < -0.39 is 35.6 Å². The molecule has 12 heteroatoms. The third kappa shape index (κ3) is 7.05. The topological polar surface area (TPSA) is 120 Å². The van der Waals surface area contributed by atoms with Crippen LogP contribution in [0.15, 0.2) is 12.3 Å². The van der Waals surface area contributed by atoms with Gasteiger partial charge in [0.2, 0.25) is 11.8 Å². The minimum Gasteiger partial charge on any atom is -0.480 e. The lowest BCUT2D eigenvalue weighted by atomic mass is 9.79. The molecule has 1 aliphatic carbocycles. The van der Waals surface area contributed by atoms with Gasteiger partial charge >= 0.3 is 6.09 Å². The number of alkyl carbamates (subject to hydrolysis) is 1. The van der Waals surface area contributed by atoms with Crippen LogP contribution in [0.3, 0.4) is 0 Å². The normalized spacial score (nSPS) is 19.8. The number of nitrogens with one attached hydrogen (secondary N) is 2. The zero-order valence-corrected chi connectivity index (χ0v) is 22.2. The smallest absolute Gasteiger partial charge is 0.408 e. The Hall–Kier alpha value is -2.95. The molecule has 10 nitrogen and oxygen atoms in total. The summed E-state index contributed by atoms with van der Waals surface area (Å²) in [6.07, 6.45) is 4.10. The maximum atomic E-state index is 14.8. The fourth-order valence-corrected chi connectivity index (χ4v) is 4.44. The number of hydrogen-bond acceptors (Lipinski definition) is 7. The number of anilines is 1. The molecule has 36 heavy (non-hydrogen) atoms. The monoisotopic (exact) mass is 524 g/mol. The Balaban J connectivity index is 1.80. The van der Waals surface area contributed by atoms with Gasteiger partial charge in [-0.2, -0.15) is 4.39 Å². The minimum atomic E-state index is -0.879. The number of rotatable bonds is 7. The number of amides is 2. The molecular weight excluding hydrogens is 491 g/mol. The van der Waals surface area contributed by atoms with Crippen LogP contribution in [0, 0.1) is 17.8 Å². The van der Waals surface area contributed by atoms with Crippen LogP contribution < -0.4 is 15.4 Å². The first-order valence-corrected chi connectivity index (χ1v) is 12.4. The van der Waals surface area contributed by atoms with Crippen LogP contribution >= 0.6 is 11.6 Å². The largest absolute Gasteiger partial charge is 0.480 e. The van der Waals surface area contributed by atoms with Gasteiger partial charge < -0.3 is 20.1 Å². The first kappa shape index (κ1) is 27.6. The SMILES string of the molecule is COc1nnc(Cl)cc1[C@H](C)n1cc(NC(=O)[C@@H](NC(=O)OC(C)(C)C)C2CCC(C)CC2)c(F)n1. The van der Waals surface area contributed by atoms with E-state index in [2.05, 4.69) is 32.9 Å². The molecule has 2 aromatic rings. The molecule has 198 valence electrons. The summed E-state index contributed by atoms with van der Waals surface area (Å²) >= 11 is 5.98. The quantitative estimate of drug-likeness (QED) is 0.536. The van der Waals surface area contributed by atoms with Crippen molar-refractivity contribution in [2.24, 2.45) is 11.8 Å². The van der Waals surface area contributed by atoms with Crippen LogP contribution in [0.1, 0.15) is 71.9 Å². The van der Waals surface area contributed by atoms with Crippen LogP contribution in [-0.2, 0) is 9.53 Å². The molecule has 0 bridgehead atoms. The zero-order valence-electron chi connectivity index (χ0n) is 21.5. The third-order valence-corrected chi connectivity index (χ3v) is 6.41. The summed E-state index contributed by atoms with van der Waals surface area (Å²) in [6, 6.07) is 0.153. The van der Waals surface area contributed by atoms with E-state index in [1.54, 1.807) is 33.8 Å². The van der Waals surface area contributed by atoms with Gasteiger partial charge in [0.1, 0.15) is 17.3 Å². The van der Waals surface area contributed by atoms with E-state index in [0.29, 0.717) is 11.5 Å². The molecule has 0 saturated heterocycles. The van der Waals surface area contributed by atoms with Crippen molar-refractivity contribution in [2.75, 3.05) is 12.4 Å². The summed E-state index contributed by atoms with van der Waals surface area (Å²) in [7, 11) is 1.44. The van der Waals surface area contributed by atoms with Gasteiger partial charge in [-0.15, -0.1) is 15.3 Å². The van der Waals surface area contributed by atoms with E-state index in [4.69, 9.17) is 21.1 Å². The maximum Gasteiger partial charge on any atom is 0.408 e. The van der Waals surface area contributed by atoms with E-state index in [0.717, 1.165) is 25.7 Å². The van der Waals surface area contributed by atoms with Crippen LogP contribution in [-0.4, -0.2) is 50.7 Å². The average molecular weight is 525 g/mol. The van der Waals surface area contributed by atoms with Crippen molar-refractivity contribution < 1.29 is 23.5 Å². The first-order chi connectivity index (χ1) is 16.9. The van der Waals surface area contributed by atoms with Gasteiger partial charge in [0.05, 0.1) is 19.3 Å². The van der Waals surface area contributed by atoms with Crippen LogP contribution in [0.2, 0.25) is 5.15 Å². The van der Waals surface area contributed by atoms with Gasteiger partial charge in [0.15, 0.2) is 5.15 Å². The van der Waals surface area contributed by atoms with Crippen molar-refractivity contribution in [3.05, 3.63) is 28.9 Å². The standard InChI is InChI=1S/C24H34ClFN6O4/c1-13-7-9-15(10-8-13)19(28-23(34)36-24(3,4)5)21(33)27-17-12-32(31-20(17)26)14(2)16-11-18(25)29-30-22(16)35-6/h11-15,19H,7-10H2,1-6H3,(H,27,33)(H,28,34)/t13?,14-,15?,19-/m0/s1. The summed E-state index contributed by atoms with van der Waals surface area (Å²) in [5.41, 5.74) is -0.292. The molecule has 0 aromatic carbocycles. The Morgan fingerprint density at radius 3 is 2.50 bits per heavy atom. The highest BCUT2D eigenvalue weighted by Gasteiger charge is 2.34. The number of carbonyl (C=O) groups excluding carboxylic acids is 2. The minimum absolute atomic E-state index is 0.0972. The Bertz CT molecular complexity index is 1080. The number of carbonyl (C=O) groups is 2. The number of methoxy groups -OCH3 is 1. The first-order valence-electron chi connectivity index (χ1n) is 12.0. The van der Waals surface area contributed by atoms with E-state index in [1.807, 2.05) is 0 Å². The number of aromatic nitrogens is 4. The van der Waals surface area contributed by atoms with E-state index in [-0.39, 0.29) is 22.6 Å². The summed E-state index contributed by atoms with van der Waals surface area (Å²) in [4.78, 5) is 25.8. The number of halogens is 2. The molecule has 2 amide bonds. The Kier molecular flexibility index (Phi) is 8.76. The molecule has 2 heterocycles. The number of nitrogens with zero attached hydrogens (tertiary/aromatic N) is 4. The second-order valence-corrected chi connectivity index (χ2v) is 10.6. The fraction of sp³-hybridized carbons (Fsp3) is 0.625. The Labute approximate surface area is 215 Å². The molecule has 1 fully saturated rings. The van der Waals surface area contributed by atoms with Gasteiger partial charge in [0, 0.05) is 5.56 Å². The van der Waals surface area contributed by atoms with Crippen LogP contribution in [0.25, 0.3) is 0 Å². The van der Waals surface area contributed by atoms with Gasteiger partial charge in [-0.25, -0.2) is 4.79 Å². The summed E-state index contributed by atoms with van der Waals surface area (Å²) in [5, 5.41) is 17.0. The molecule has 0 aliphatic heterocycles. The lowest BCUT2D eigenvalue weighted by Crippen LogP contribution is -2.50. The predicted molar refractivity (Wildman–Crippen MR) is 133 cm³/mol. The van der Waals surface area contributed by atoms with Crippen LogP contribution in [0.5, 0.6) is 5.88 Å². The zero-order chi connectivity index (χ0) is 26.6. The second kappa shape index (κ2) is 11.4. The molecule has 2 aromatic heterocycles. The van der Waals surface area contributed by atoms with Gasteiger partial charge in [-0.3, -0.25) is 9.48 Å². The van der Waals surface area contributed by atoms with Crippen molar-refractivity contribution in [3.63, 3.8) is 0 Å². The lowest BCUT2D eigenvalue weighted by Gasteiger charge is -2.32. The molecule has 0 spiro atoms. The van der Waals surface area contributed by atoms with E-state index >= 15 is 0 Å². The molecule has 3 rings (SSSR count). The van der Waals surface area contributed by atoms with Crippen molar-refractivity contribution in [3.8, 4) is 5.88 Å². The Morgan fingerprint density at radius 2 is 1.89 bits per heavy atom. The van der Waals surface area contributed by atoms with E-state index in [9.17, 15) is 14.0 Å². The fourth-order valence-electron chi connectivity index (χ4n) is 4.28. The molecule has 2 atom stereocenters. The number of hydrogen-bond donors (Lipinski definition) is 2. The summed E-state index contributed by atoms with van der Waals surface area (Å²) in [6.45, 7) is 9.15. The summed E-state index contributed by atoms with van der Waals surface area (Å²) in [5.74, 6) is -0.716. The molecule has 1 aliphatic rings. The average Bonchev–Trinajstić information content (AvgIpc) is 3.16. The molecule has 1 saturated carbocycles. The van der Waals surface area contributed by atoms with Gasteiger partial charge in [-0.05, 0) is 58.4 Å². The lowest BCUT2D eigenvalue weighted by molar-refractivity contribution is -0.119. The predicted octanol–water partition coefficient (Wildman–Crippen LogP) is 4.74. The number of ether oxygens (including phenoxy) is 2. The molecule has 0 unspecified atom stereocenters. The highest BCUT2D eigenvalue weighted by Crippen LogP contribution is 2.32. The molecule has 2 N–H and O–H groups in total. The Morgan fingerprint density at radius 1 is 1.22 bits per heavy atom. The van der Waals surface area contributed by atoms with Gasteiger partial charge in [-0.1, -0.05) is 31.4 Å². The van der Waals surface area contributed by atoms with Crippen molar-refractivity contribution >= 4 is 29.3 Å². The second-order valence-electron chi connectivity index (χ2n) is 10.3.